The van der Waals surface area contributed by atoms with Crippen LogP contribution < -0.4 is 21.4 Å². The van der Waals surface area contributed by atoms with Gasteiger partial charge < -0.3 is 19.9 Å². The molecule has 0 radical (unpaired) electrons. The Balaban J connectivity index is 0.00000348. The zero-order chi connectivity index (χ0) is 31.9. The molecule has 4 nitrogen and oxygen atoms in total. The number of aromatic nitrogens is 4. The van der Waals surface area contributed by atoms with E-state index in [1.54, 1.807) is 0 Å². The van der Waals surface area contributed by atoms with E-state index in [1.807, 2.05) is 0 Å². The van der Waals surface area contributed by atoms with Crippen LogP contribution in [0.3, 0.4) is 0 Å². The summed E-state index contributed by atoms with van der Waals surface area (Å²) < 4.78 is 0. The summed E-state index contributed by atoms with van der Waals surface area (Å²) in [6.45, 7) is 0. The Morgan fingerprint density at radius 3 is 0.673 bits per heavy atom. The minimum atomic E-state index is 0. The molecule has 8 bridgehead atoms. The molecule has 238 valence electrons. The fourth-order valence-electron chi connectivity index (χ4n) is 6.99. The van der Waals surface area contributed by atoms with Gasteiger partial charge in [0.25, 0.3) is 0 Å². The maximum Gasteiger partial charge on any atom is 0.0485 e. The van der Waals surface area contributed by atoms with E-state index in [1.165, 1.54) is 0 Å². The maximum absolute atomic E-state index is 3.84. The molecule has 0 saturated heterocycles. The van der Waals surface area contributed by atoms with Crippen LogP contribution in [0.15, 0.2) is 170 Å². The number of hydrogen-bond acceptors (Lipinski definition) is 0. The molecule has 1 aliphatic heterocycles. The first-order valence-corrected chi connectivity index (χ1v) is 16.3. The van der Waals surface area contributed by atoms with Crippen LogP contribution in [0.4, 0.5) is 0 Å². The van der Waals surface area contributed by atoms with Crippen molar-refractivity contribution in [1.29, 1.82) is 0 Å². The van der Waals surface area contributed by atoms with Crippen molar-refractivity contribution in [1.82, 2.24) is 19.9 Å². The van der Waals surface area contributed by atoms with Gasteiger partial charge in [-0.05, 0) is 70.8 Å². The van der Waals surface area contributed by atoms with Gasteiger partial charge in [-0.1, -0.05) is 121 Å². The van der Waals surface area contributed by atoms with Crippen LogP contribution in [0.25, 0.3) is 22.3 Å². The number of rotatable bonds is 4. The second kappa shape index (κ2) is 13.0. The molecular weight excluding hydrogens is 780 g/mol. The first kappa shape index (κ1) is 30.5. The first-order valence-electron chi connectivity index (χ1n) is 16.3. The Labute approximate surface area is 298 Å². The third-order valence-electron chi connectivity index (χ3n) is 9.15. The molecule has 0 amide bonds. The molecule has 0 aliphatic carbocycles. The summed E-state index contributed by atoms with van der Waals surface area (Å²) in [5, 5.41) is 4.16. The maximum atomic E-state index is 3.84. The van der Waals surface area contributed by atoms with Crippen LogP contribution in [0.1, 0.15) is 45.0 Å². The van der Waals surface area contributed by atoms with E-state index in [0.717, 1.165) is 88.7 Å². The Morgan fingerprint density at radius 1 is 0.224 bits per heavy atom. The predicted molar refractivity (Wildman–Crippen MR) is 194 cm³/mol. The molecule has 0 atom stereocenters. The van der Waals surface area contributed by atoms with Gasteiger partial charge in [0.05, 0.1) is 0 Å². The molecule has 49 heavy (non-hydrogen) atoms. The molecule has 0 saturated carbocycles. The SMILES string of the molecule is [Pt].c1ccc(C2=c3ccc([nH]3)=C(c3ccccc3)c3ccc([nH]3)C(c3ccccc3)=c3ccc([nH]3)=C(c3ccccc3)c3ccc2[nH]3)cc1. The van der Waals surface area contributed by atoms with Gasteiger partial charge in [-0.15, -0.1) is 0 Å². The second-order valence-electron chi connectivity index (χ2n) is 12.1. The Bertz CT molecular complexity index is 2280. The van der Waals surface area contributed by atoms with Gasteiger partial charge >= 0.3 is 0 Å². The predicted octanol–water partition coefficient (Wildman–Crippen LogP) is 6.30. The largest absolute Gasteiger partial charge is 0.354 e. The average molecular weight is 812 g/mol. The van der Waals surface area contributed by atoms with E-state index >= 15 is 0 Å². The zero-order valence-electron chi connectivity index (χ0n) is 26.5. The summed E-state index contributed by atoms with van der Waals surface area (Å²) in [5.41, 5.74) is 13.1. The molecule has 5 heteroatoms. The van der Waals surface area contributed by atoms with Gasteiger partial charge in [-0.3, -0.25) is 0 Å². The summed E-state index contributed by atoms with van der Waals surface area (Å²) >= 11 is 0. The normalized spacial score (nSPS) is 12.6. The molecule has 5 heterocycles. The summed E-state index contributed by atoms with van der Waals surface area (Å²) in [6, 6.07) is 60.0. The molecule has 4 aromatic heterocycles. The van der Waals surface area contributed by atoms with Crippen LogP contribution in [0, 0.1) is 0 Å². The zero-order valence-corrected chi connectivity index (χ0v) is 28.8. The summed E-state index contributed by atoms with van der Waals surface area (Å²) in [5.74, 6) is 0. The van der Waals surface area contributed by atoms with Crippen molar-refractivity contribution in [3.8, 4) is 0 Å². The van der Waals surface area contributed by atoms with Crippen molar-refractivity contribution < 1.29 is 21.1 Å². The quantitative estimate of drug-likeness (QED) is 0.162. The molecule has 0 fully saturated rings. The smallest absolute Gasteiger partial charge is 0.0485 e. The third-order valence-corrected chi connectivity index (χ3v) is 9.15. The second-order valence-corrected chi connectivity index (χ2v) is 12.1. The van der Waals surface area contributed by atoms with Gasteiger partial charge in [-0.2, -0.15) is 0 Å². The van der Waals surface area contributed by atoms with Gasteiger partial charge in [0.2, 0.25) is 0 Å². The van der Waals surface area contributed by atoms with Crippen molar-refractivity contribution >= 4 is 22.3 Å². The number of benzene rings is 4. The van der Waals surface area contributed by atoms with E-state index < -0.39 is 0 Å². The van der Waals surface area contributed by atoms with Crippen molar-refractivity contribution in [2.45, 2.75) is 0 Å². The summed E-state index contributed by atoms with van der Waals surface area (Å²) in [6.07, 6.45) is 0. The van der Waals surface area contributed by atoms with Crippen molar-refractivity contribution in [3.05, 3.63) is 236 Å². The number of hydrogen-bond donors (Lipinski definition) is 4. The molecule has 4 aromatic carbocycles. The monoisotopic (exact) mass is 811 g/mol. The van der Waals surface area contributed by atoms with E-state index in [0.29, 0.717) is 0 Å². The standard InChI is InChI=1S/C44H32N4.Pt/c1-5-13-29(14-6-1)41-33-21-23-35(45-33)42(30-15-7-2-8-16-30)37-25-27-39(47-37)44(32-19-11-4-12-20-32)40-28-26-38(48-40)43(31-17-9-3-10-18-31)36-24-22-34(41)46-36;/h1-28,45-48H;. The summed E-state index contributed by atoms with van der Waals surface area (Å²) in [4.78, 5) is 15.4. The molecule has 8 aromatic rings. The van der Waals surface area contributed by atoms with E-state index in [9.17, 15) is 0 Å². The Kier molecular flexibility index (Phi) is 8.09. The van der Waals surface area contributed by atoms with Crippen molar-refractivity contribution in [3.63, 3.8) is 0 Å². The number of fused-ring (bicyclic) bond motifs is 8. The molecule has 1 aliphatic rings. The third kappa shape index (κ3) is 5.61. The molecular formula is C44H32N4Pt. The topological polar surface area (TPSA) is 63.2 Å². The molecule has 4 N–H and O–H groups in total. The average Bonchev–Trinajstić information content (AvgIpc) is 3.98. The van der Waals surface area contributed by atoms with E-state index in [2.05, 4.69) is 190 Å². The van der Waals surface area contributed by atoms with Gasteiger partial charge in [0, 0.05) is 87.5 Å². The first-order chi connectivity index (χ1) is 23.8. The number of aromatic amines is 4. The number of H-pyrrole nitrogens is 4. The van der Waals surface area contributed by atoms with Crippen LogP contribution in [0.2, 0.25) is 0 Å². The molecule has 0 spiro atoms. The van der Waals surface area contributed by atoms with E-state index in [4.69, 9.17) is 0 Å². The number of nitrogens with one attached hydrogen (secondary N) is 4. The van der Waals surface area contributed by atoms with Gasteiger partial charge in [-0.25, -0.2) is 0 Å². The minimum Gasteiger partial charge on any atom is -0.354 e. The molecule has 9 rings (SSSR count). The van der Waals surface area contributed by atoms with Crippen LogP contribution in [-0.4, -0.2) is 19.9 Å². The van der Waals surface area contributed by atoms with Crippen molar-refractivity contribution in [2.75, 3.05) is 0 Å². The van der Waals surface area contributed by atoms with E-state index in [-0.39, 0.29) is 21.1 Å². The minimum absolute atomic E-state index is 0. The van der Waals surface area contributed by atoms with Crippen LogP contribution >= 0.6 is 0 Å². The fraction of sp³-hybridized carbons (Fsp3) is 0. The van der Waals surface area contributed by atoms with Gasteiger partial charge in [0.15, 0.2) is 0 Å². The fourth-order valence-corrected chi connectivity index (χ4v) is 6.99. The van der Waals surface area contributed by atoms with Crippen LogP contribution in [-0.2, 0) is 21.1 Å². The molecule has 0 unspecified atom stereocenters. The summed E-state index contributed by atoms with van der Waals surface area (Å²) in [7, 11) is 0. The Hall–Kier alpha value is -5.83. The Morgan fingerprint density at radius 2 is 0.449 bits per heavy atom. The van der Waals surface area contributed by atoms with Crippen molar-refractivity contribution in [2.24, 2.45) is 0 Å². The van der Waals surface area contributed by atoms with Crippen LogP contribution in [0.5, 0.6) is 0 Å². The van der Waals surface area contributed by atoms with Gasteiger partial charge in [0.1, 0.15) is 0 Å².